The maximum absolute atomic E-state index is 13.3. The Balaban J connectivity index is 1.35. The van der Waals surface area contributed by atoms with E-state index in [2.05, 4.69) is 20.3 Å². The molecule has 2 aliphatic rings. The van der Waals surface area contributed by atoms with Crippen molar-refractivity contribution in [1.82, 2.24) is 24.8 Å². The number of carbonyl (C=O) groups is 2. The zero-order valence-corrected chi connectivity index (χ0v) is 26.7. The molecule has 1 unspecified atom stereocenters. The number of hydrogen-bond acceptors (Lipinski definition) is 14. The molecule has 2 fully saturated rings. The third kappa shape index (κ3) is 7.12. The number of nitrogens with one attached hydrogen (secondary N) is 1. The van der Waals surface area contributed by atoms with Crippen LogP contribution >= 0.6 is 31.2 Å². The maximum Gasteiger partial charge on any atom is 0.475 e. The molecule has 0 radical (unpaired) electrons. The molecule has 2 aromatic rings. The number of alkyl halides is 1. The Morgan fingerprint density at radius 2 is 2.12 bits per heavy atom. The van der Waals surface area contributed by atoms with E-state index in [1.165, 1.54) is 6.33 Å². The van der Waals surface area contributed by atoms with Crippen molar-refractivity contribution in [3.63, 3.8) is 0 Å². The second kappa shape index (κ2) is 12.8. The normalized spacial score (nSPS) is 27.7. The number of phosphoric acid groups is 1. The van der Waals surface area contributed by atoms with Crippen LogP contribution in [-0.4, -0.2) is 86.0 Å². The summed E-state index contributed by atoms with van der Waals surface area (Å²) in [7, 11) is -4.03. The monoisotopic (exact) mass is 650 g/mol. The van der Waals surface area contributed by atoms with Crippen LogP contribution in [0, 0.1) is 5.41 Å². The molecule has 0 aliphatic carbocycles. The number of imidazole rings is 1. The minimum absolute atomic E-state index is 0.0125. The van der Waals surface area contributed by atoms with Gasteiger partial charge in [0.25, 0.3) is 0 Å². The fraction of sp³-hybridized carbons (Fsp3) is 0.708. The number of nitrogens with two attached hydrogens (primary N) is 1. The Bertz CT molecular complexity index is 1360. The zero-order chi connectivity index (χ0) is 30.9. The largest absolute Gasteiger partial charge is 0.476 e. The molecule has 3 N–H and O–H groups in total. The van der Waals surface area contributed by atoms with Crippen LogP contribution < -0.4 is 15.8 Å². The second-order valence-corrected chi connectivity index (χ2v) is 14.3. The molecule has 0 spiro atoms. The quantitative estimate of drug-likeness (QED) is 0.204. The summed E-state index contributed by atoms with van der Waals surface area (Å²) in [6.07, 6.45) is -1.78. The predicted molar refractivity (Wildman–Crippen MR) is 154 cm³/mol. The van der Waals surface area contributed by atoms with Crippen molar-refractivity contribution in [3.8, 4) is 5.88 Å². The van der Waals surface area contributed by atoms with E-state index in [9.17, 15) is 14.2 Å². The number of amides is 1. The number of hydrogen-bond donors (Lipinski definition) is 2. The molecule has 42 heavy (non-hydrogen) atoms. The van der Waals surface area contributed by atoms with E-state index in [4.69, 9.17) is 45.1 Å². The van der Waals surface area contributed by atoms with Gasteiger partial charge in [0.2, 0.25) is 11.8 Å². The first-order valence-corrected chi connectivity index (χ1v) is 16.2. The lowest BCUT2D eigenvalue weighted by Crippen LogP contribution is -2.44. The molecule has 1 amide bonds. The topological polar surface area (TPSA) is 188 Å². The third-order valence-electron chi connectivity index (χ3n) is 6.40. The fourth-order valence-electron chi connectivity index (χ4n) is 4.33. The van der Waals surface area contributed by atoms with Gasteiger partial charge in [-0.25, -0.2) is 14.3 Å². The summed E-state index contributed by atoms with van der Waals surface area (Å²) in [5, 5.41) is 2.40. The molecule has 0 aromatic carbocycles. The van der Waals surface area contributed by atoms with Crippen molar-refractivity contribution in [1.29, 1.82) is 0 Å². The summed E-state index contributed by atoms with van der Waals surface area (Å²) in [5.74, 6) is 0.388. The van der Waals surface area contributed by atoms with Gasteiger partial charge in [0.1, 0.15) is 17.1 Å². The summed E-state index contributed by atoms with van der Waals surface area (Å²) in [4.78, 5) is 35.9. The highest BCUT2D eigenvalue weighted by Crippen LogP contribution is 2.60. The number of aromatic nitrogens is 4. The smallest absolute Gasteiger partial charge is 0.475 e. The number of carbonyl (C=O) groups excluding carboxylic acids is 2. The van der Waals surface area contributed by atoms with Crippen LogP contribution in [0.5, 0.6) is 5.88 Å². The molecule has 0 bridgehead atoms. The van der Waals surface area contributed by atoms with E-state index in [1.54, 1.807) is 39.2 Å². The van der Waals surface area contributed by atoms with Crippen LogP contribution in [0.4, 0.5) is 10.7 Å². The first-order chi connectivity index (χ1) is 19.7. The number of nitrogens with zero attached hydrogens (tertiary/aromatic N) is 4. The fourth-order valence-corrected chi connectivity index (χ4v) is 7.14. The molecule has 4 heterocycles. The first kappa shape index (κ1) is 32.7. The van der Waals surface area contributed by atoms with Gasteiger partial charge in [0, 0.05) is 12.3 Å². The number of halogens is 1. The summed E-state index contributed by atoms with van der Waals surface area (Å²) in [6.45, 7) is 10.6. The maximum atomic E-state index is 13.3. The van der Waals surface area contributed by atoms with Crippen molar-refractivity contribution in [2.45, 2.75) is 71.0 Å². The highest BCUT2D eigenvalue weighted by molar-refractivity contribution is 8.13. The predicted octanol–water partition coefficient (Wildman–Crippen LogP) is 3.66. The van der Waals surface area contributed by atoms with Crippen molar-refractivity contribution in [2.24, 2.45) is 5.41 Å². The SMILES string of the molecule is CCOc1nc(N)nc2c1ncn2[C@@H]1O[C@@H]2COP(=O)(OCCSC(=O)C(C)(C)CNC(=O)OC(C)C)O[C@H]2[C@@]1(C)Cl. The number of ether oxygens (including phenoxy) is 3. The van der Waals surface area contributed by atoms with Gasteiger partial charge in [-0.3, -0.25) is 22.9 Å². The Kier molecular flexibility index (Phi) is 9.97. The summed E-state index contributed by atoms with van der Waals surface area (Å²) < 4.78 is 48.4. The molecular formula is C24H36ClN6O9PS. The lowest BCUT2D eigenvalue weighted by molar-refractivity contribution is -0.117. The van der Waals surface area contributed by atoms with Crippen LogP contribution in [0.15, 0.2) is 6.33 Å². The molecule has 4 rings (SSSR count). The number of phosphoric ester groups is 1. The van der Waals surface area contributed by atoms with Gasteiger partial charge in [-0.1, -0.05) is 25.6 Å². The number of nitrogen functional groups attached to an aromatic ring is 1. The van der Waals surface area contributed by atoms with E-state index in [0.29, 0.717) is 17.8 Å². The lowest BCUT2D eigenvalue weighted by atomic mass is 9.96. The molecule has 0 saturated carbocycles. The van der Waals surface area contributed by atoms with Gasteiger partial charge in [-0.2, -0.15) is 9.97 Å². The van der Waals surface area contributed by atoms with Gasteiger partial charge in [0.15, 0.2) is 22.5 Å². The number of rotatable bonds is 11. The molecule has 2 aromatic heterocycles. The summed E-state index contributed by atoms with van der Waals surface area (Å²) >= 11 is 7.95. The van der Waals surface area contributed by atoms with E-state index >= 15 is 0 Å². The van der Waals surface area contributed by atoms with Gasteiger partial charge in [-0.05, 0) is 27.7 Å². The van der Waals surface area contributed by atoms with Crippen LogP contribution in [0.2, 0.25) is 0 Å². The molecule has 15 nitrogen and oxygen atoms in total. The van der Waals surface area contributed by atoms with E-state index in [0.717, 1.165) is 11.8 Å². The number of alkyl carbamates (subject to hydrolysis) is 1. The minimum atomic E-state index is -4.03. The molecule has 2 saturated heterocycles. The van der Waals surface area contributed by atoms with E-state index < -0.39 is 42.6 Å². The summed E-state index contributed by atoms with van der Waals surface area (Å²) in [5.41, 5.74) is 5.74. The van der Waals surface area contributed by atoms with Crippen LogP contribution in [0.25, 0.3) is 11.2 Å². The van der Waals surface area contributed by atoms with Gasteiger partial charge in [-0.15, -0.1) is 11.6 Å². The van der Waals surface area contributed by atoms with Crippen molar-refractivity contribution < 1.29 is 41.9 Å². The Morgan fingerprint density at radius 1 is 1.38 bits per heavy atom. The minimum Gasteiger partial charge on any atom is -0.476 e. The summed E-state index contributed by atoms with van der Waals surface area (Å²) in [6, 6.07) is 0. The van der Waals surface area contributed by atoms with Crippen LogP contribution in [0.1, 0.15) is 47.8 Å². The van der Waals surface area contributed by atoms with Crippen molar-refractivity contribution in [2.75, 3.05) is 37.9 Å². The molecule has 234 valence electrons. The van der Waals surface area contributed by atoms with E-state index in [1.807, 2.05) is 6.92 Å². The number of fused-ring (bicyclic) bond motifs is 2. The second-order valence-electron chi connectivity index (χ2n) is 10.8. The van der Waals surface area contributed by atoms with Crippen LogP contribution in [0.3, 0.4) is 0 Å². The Hall–Kier alpha value is -2.20. The third-order valence-corrected chi connectivity index (χ3v) is 9.43. The van der Waals surface area contributed by atoms with Crippen LogP contribution in [-0.2, 0) is 32.4 Å². The van der Waals surface area contributed by atoms with Crippen molar-refractivity contribution in [3.05, 3.63) is 6.33 Å². The average molecular weight is 651 g/mol. The zero-order valence-electron chi connectivity index (χ0n) is 24.2. The van der Waals surface area contributed by atoms with Crippen molar-refractivity contribution >= 4 is 59.5 Å². The lowest BCUT2D eigenvalue weighted by Gasteiger charge is -2.34. The van der Waals surface area contributed by atoms with Gasteiger partial charge < -0.3 is 25.3 Å². The Morgan fingerprint density at radius 3 is 2.81 bits per heavy atom. The van der Waals surface area contributed by atoms with E-state index in [-0.39, 0.29) is 48.6 Å². The standard InChI is InChI=1S/C24H36ClN6O9PS/c1-7-35-18-15-17(29-21(26)30-18)31(12-28-15)19-24(6,25)16-14(39-19)10-37-41(34,40-16)36-8-9-42-20(32)23(4,5)11-27-22(33)38-13(2)3/h12-14,16,19H,7-11H2,1-6H3,(H,27,33)(H2,26,29,30)/t14-,16-,19-,24-,41?/m1/s1. The highest BCUT2D eigenvalue weighted by atomic mass is 35.5. The number of thioether (sulfide) groups is 1. The molecule has 18 heteroatoms. The molecular weight excluding hydrogens is 615 g/mol. The molecule has 5 atom stereocenters. The molecule has 2 aliphatic heterocycles. The number of anilines is 1. The average Bonchev–Trinajstić information content (AvgIpc) is 3.42. The first-order valence-electron chi connectivity index (χ1n) is 13.3. The Labute approximate surface area is 252 Å². The van der Waals surface area contributed by atoms with Gasteiger partial charge >= 0.3 is 13.9 Å². The highest BCUT2D eigenvalue weighted by Gasteiger charge is 2.60. The van der Waals surface area contributed by atoms with Gasteiger partial charge in [0.05, 0.1) is 37.7 Å².